The van der Waals surface area contributed by atoms with Crippen molar-refractivity contribution in [2.45, 2.75) is 26.4 Å². The summed E-state index contributed by atoms with van der Waals surface area (Å²) in [5, 5.41) is 0. The van der Waals surface area contributed by atoms with Gasteiger partial charge >= 0.3 is 0 Å². The minimum Gasteiger partial charge on any atom is -0.379 e. The van der Waals surface area contributed by atoms with Crippen molar-refractivity contribution in [1.29, 1.82) is 0 Å². The summed E-state index contributed by atoms with van der Waals surface area (Å²) in [6.45, 7) is 8.89. The molecular formula is C23H33NO3. The van der Waals surface area contributed by atoms with E-state index in [-0.39, 0.29) is 0 Å². The fraction of sp³-hybridized carbons (Fsp3) is 0.478. The highest BCUT2D eigenvalue weighted by atomic mass is 16.5. The largest absolute Gasteiger partial charge is 0.379 e. The van der Waals surface area contributed by atoms with E-state index >= 15 is 0 Å². The van der Waals surface area contributed by atoms with E-state index in [1.165, 1.54) is 11.1 Å². The lowest BCUT2D eigenvalue weighted by atomic mass is 10.1. The van der Waals surface area contributed by atoms with Gasteiger partial charge in [-0.1, -0.05) is 67.6 Å². The lowest BCUT2D eigenvalue weighted by Gasteiger charge is -2.22. The standard InChI is InChI=1S/C23H33NO3/c1-2-14-25-16-18-27-19-17-26-15-13-24(20-22-9-5-3-6-10-22)21-23-11-7-4-8-12-23/h3-12H,2,13-21H2,1H3. The Labute approximate surface area is 164 Å². The molecule has 0 saturated carbocycles. The zero-order valence-electron chi connectivity index (χ0n) is 16.5. The monoisotopic (exact) mass is 371 g/mol. The molecule has 0 fully saturated rings. The molecule has 148 valence electrons. The molecule has 0 aromatic heterocycles. The number of hydrogen-bond donors (Lipinski definition) is 0. The first-order chi connectivity index (χ1) is 13.4. The number of hydrogen-bond acceptors (Lipinski definition) is 4. The number of ether oxygens (including phenoxy) is 3. The highest BCUT2D eigenvalue weighted by Crippen LogP contribution is 2.09. The Morgan fingerprint density at radius 2 is 1.04 bits per heavy atom. The molecule has 0 spiro atoms. The van der Waals surface area contributed by atoms with Gasteiger partial charge in [-0.3, -0.25) is 4.90 Å². The molecule has 0 radical (unpaired) electrons. The molecule has 0 aliphatic rings. The third kappa shape index (κ3) is 10.3. The third-order valence-corrected chi connectivity index (χ3v) is 4.14. The lowest BCUT2D eigenvalue weighted by molar-refractivity contribution is 0.00989. The summed E-state index contributed by atoms with van der Waals surface area (Å²) in [6, 6.07) is 21.2. The molecule has 0 aliphatic heterocycles. The van der Waals surface area contributed by atoms with Crippen LogP contribution in [0.25, 0.3) is 0 Å². The van der Waals surface area contributed by atoms with Crippen LogP contribution < -0.4 is 0 Å². The van der Waals surface area contributed by atoms with E-state index in [4.69, 9.17) is 14.2 Å². The van der Waals surface area contributed by atoms with Gasteiger partial charge in [0.15, 0.2) is 0 Å². The zero-order chi connectivity index (χ0) is 19.0. The molecule has 4 nitrogen and oxygen atoms in total. The van der Waals surface area contributed by atoms with Gasteiger partial charge in [-0.2, -0.15) is 0 Å². The summed E-state index contributed by atoms with van der Waals surface area (Å²) in [4.78, 5) is 2.42. The van der Waals surface area contributed by atoms with Gasteiger partial charge in [-0.05, 0) is 17.5 Å². The van der Waals surface area contributed by atoms with E-state index in [0.29, 0.717) is 33.0 Å². The van der Waals surface area contributed by atoms with Gasteiger partial charge in [0.25, 0.3) is 0 Å². The second-order valence-corrected chi connectivity index (χ2v) is 6.52. The minimum atomic E-state index is 0.618. The molecule has 2 aromatic rings. The Balaban J connectivity index is 1.66. The maximum Gasteiger partial charge on any atom is 0.0701 e. The molecule has 0 aliphatic carbocycles. The van der Waals surface area contributed by atoms with E-state index in [0.717, 1.165) is 32.7 Å². The SMILES string of the molecule is CCCOCCOCCOCCN(Cc1ccccc1)Cc1ccccc1. The molecule has 0 heterocycles. The van der Waals surface area contributed by atoms with Crippen molar-refractivity contribution >= 4 is 0 Å². The van der Waals surface area contributed by atoms with Gasteiger partial charge in [0.1, 0.15) is 0 Å². The van der Waals surface area contributed by atoms with Crippen LogP contribution in [0.2, 0.25) is 0 Å². The van der Waals surface area contributed by atoms with Crippen molar-refractivity contribution < 1.29 is 14.2 Å². The maximum absolute atomic E-state index is 5.76. The molecule has 0 unspecified atom stereocenters. The summed E-state index contributed by atoms with van der Waals surface area (Å²) in [5.41, 5.74) is 2.65. The molecule has 0 N–H and O–H groups in total. The molecule has 0 saturated heterocycles. The fourth-order valence-electron chi connectivity index (χ4n) is 2.78. The normalized spacial score (nSPS) is 11.2. The summed E-state index contributed by atoms with van der Waals surface area (Å²) in [6.07, 6.45) is 1.05. The van der Waals surface area contributed by atoms with Gasteiger partial charge < -0.3 is 14.2 Å². The van der Waals surface area contributed by atoms with E-state index in [1.807, 2.05) is 0 Å². The van der Waals surface area contributed by atoms with Crippen LogP contribution in [0.4, 0.5) is 0 Å². The second-order valence-electron chi connectivity index (χ2n) is 6.52. The molecule has 0 amide bonds. The summed E-state index contributed by atoms with van der Waals surface area (Å²) >= 11 is 0. The van der Waals surface area contributed by atoms with Crippen LogP contribution in [-0.4, -0.2) is 51.1 Å². The van der Waals surface area contributed by atoms with Crippen LogP contribution in [0.15, 0.2) is 60.7 Å². The molecule has 4 heteroatoms. The van der Waals surface area contributed by atoms with Crippen LogP contribution in [0, 0.1) is 0 Å². The molecule has 27 heavy (non-hydrogen) atoms. The van der Waals surface area contributed by atoms with E-state index in [1.54, 1.807) is 0 Å². The van der Waals surface area contributed by atoms with E-state index in [2.05, 4.69) is 72.5 Å². The van der Waals surface area contributed by atoms with Crippen molar-refractivity contribution in [2.24, 2.45) is 0 Å². The topological polar surface area (TPSA) is 30.9 Å². The van der Waals surface area contributed by atoms with Gasteiger partial charge in [0, 0.05) is 26.2 Å². The van der Waals surface area contributed by atoms with Crippen molar-refractivity contribution in [3.05, 3.63) is 71.8 Å². The van der Waals surface area contributed by atoms with Crippen molar-refractivity contribution in [3.8, 4) is 0 Å². The van der Waals surface area contributed by atoms with Crippen molar-refractivity contribution in [2.75, 3.05) is 46.2 Å². The van der Waals surface area contributed by atoms with Crippen LogP contribution in [-0.2, 0) is 27.3 Å². The average molecular weight is 372 g/mol. The molecule has 2 rings (SSSR count). The fourth-order valence-corrected chi connectivity index (χ4v) is 2.78. The number of nitrogens with zero attached hydrogens (tertiary/aromatic N) is 1. The third-order valence-electron chi connectivity index (χ3n) is 4.14. The lowest BCUT2D eigenvalue weighted by Crippen LogP contribution is -2.27. The van der Waals surface area contributed by atoms with Crippen LogP contribution in [0.1, 0.15) is 24.5 Å². The maximum atomic E-state index is 5.76. The summed E-state index contributed by atoms with van der Waals surface area (Å²) in [5.74, 6) is 0. The number of rotatable bonds is 15. The quantitative estimate of drug-likeness (QED) is 0.440. The molecular weight excluding hydrogens is 338 g/mol. The van der Waals surface area contributed by atoms with Crippen LogP contribution in [0.3, 0.4) is 0 Å². The van der Waals surface area contributed by atoms with Crippen molar-refractivity contribution in [1.82, 2.24) is 4.90 Å². The molecule has 0 atom stereocenters. The average Bonchev–Trinajstić information content (AvgIpc) is 2.71. The molecule has 0 bridgehead atoms. The first-order valence-electron chi connectivity index (χ1n) is 9.92. The first-order valence-corrected chi connectivity index (χ1v) is 9.92. The van der Waals surface area contributed by atoms with Crippen LogP contribution in [0.5, 0.6) is 0 Å². The Morgan fingerprint density at radius 1 is 0.593 bits per heavy atom. The minimum absolute atomic E-state index is 0.618. The second kappa shape index (κ2) is 14.4. The van der Waals surface area contributed by atoms with Crippen molar-refractivity contribution in [3.63, 3.8) is 0 Å². The summed E-state index contributed by atoms with van der Waals surface area (Å²) in [7, 11) is 0. The zero-order valence-corrected chi connectivity index (χ0v) is 16.5. The Bertz CT molecular complexity index is 535. The molecule has 2 aromatic carbocycles. The first kappa shape index (κ1) is 21.6. The Kier molecular flexibility index (Phi) is 11.5. The number of benzene rings is 2. The predicted molar refractivity (Wildman–Crippen MR) is 110 cm³/mol. The Morgan fingerprint density at radius 3 is 1.52 bits per heavy atom. The van der Waals surface area contributed by atoms with Gasteiger partial charge in [-0.15, -0.1) is 0 Å². The smallest absolute Gasteiger partial charge is 0.0701 e. The summed E-state index contributed by atoms with van der Waals surface area (Å²) < 4.78 is 16.7. The highest BCUT2D eigenvalue weighted by Gasteiger charge is 2.07. The highest BCUT2D eigenvalue weighted by molar-refractivity contribution is 5.17. The van der Waals surface area contributed by atoms with E-state index < -0.39 is 0 Å². The van der Waals surface area contributed by atoms with Gasteiger partial charge in [-0.25, -0.2) is 0 Å². The van der Waals surface area contributed by atoms with Crippen LogP contribution >= 0.6 is 0 Å². The Hall–Kier alpha value is -1.72. The van der Waals surface area contributed by atoms with Gasteiger partial charge in [0.2, 0.25) is 0 Å². The predicted octanol–water partition coefficient (Wildman–Crippen LogP) is 4.15. The van der Waals surface area contributed by atoms with E-state index in [9.17, 15) is 0 Å². The van der Waals surface area contributed by atoms with Gasteiger partial charge in [0.05, 0.1) is 33.0 Å².